The van der Waals surface area contributed by atoms with Crippen LogP contribution in [0.5, 0.6) is 0 Å². The van der Waals surface area contributed by atoms with Crippen LogP contribution in [0.25, 0.3) is 0 Å². The first-order valence-corrected chi connectivity index (χ1v) is 7.52. The van der Waals surface area contributed by atoms with Crippen molar-refractivity contribution >= 4 is 0 Å². The minimum atomic E-state index is 0.793. The molecule has 0 amide bonds. The van der Waals surface area contributed by atoms with Crippen LogP contribution < -0.4 is 10.6 Å². The Balaban J connectivity index is 2.01. The topological polar surface area (TPSA) is 24.1 Å². The van der Waals surface area contributed by atoms with Crippen molar-refractivity contribution in [2.75, 3.05) is 26.2 Å². The van der Waals surface area contributed by atoms with Crippen molar-refractivity contribution in [1.82, 2.24) is 10.6 Å². The van der Waals surface area contributed by atoms with Crippen LogP contribution in [-0.2, 0) is 0 Å². The first kappa shape index (κ1) is 15.0. The predicted octanol–water partition coefficient (Wildman–Crippen LogP) is 2.89. The van der Waals surface area contributed by atoms with Crippen molar-refractivity contribution in [1.29, 1.82) is 0 Å². The van der Waals surface area contributed by atoms with E-state index < -0.39 is 0 Å². The summed E-state index contributed by atoms with van der Waals surface area (Å²) in [5, 5.41) is 7.09. The largest absolute Gasteiger partial charge is 0.316 e. The zero-order valence-electron chi connectivity index (χ0n) is 12.3. The fourth-order valence-electron chi connectivity index (χ4n) is 2.99. The van der Waals surface area contributed by atoms with Gasteiger partial charge in [0.05, 0.1) is 0 Å². The molecule has 1 aliphatic heterocycles. The van der Waals surface area contributed by atoms with Crippen LogP contribution in [-0.4, -0.2) is 26.2 Å². The zero-order chi connectivity index (χ0) is 12.7. The van der Waals surface area contributed by atoms with Crippen LogP contribution in [0.3, 0.4) is 0 Å². The van der Waals surface area contributed by atoms with E-state index in [1.54, 1.807) is 0 Å². The van der Waals surface area contributed by atoms with Gasteiger partial charge in [-0.3, -0.25) is 0 Å². The maximum absolute atomic E-state index is 3.65. The summed E-state index contributed by atoms with van der Waals surface area (Å²) in [5.74, 6) is 3.36. The van der Waals surface area contributed by atoms with E-state index in [0.29, 0.717) is 0 Å². The molecule has 1 saturated heterocycles. The molecule has 0 aromatic heterocycles. The second-order valence-electron chi connectivity index (χ2n) is 6.36. The van der Waals surface area contributed by atoms with Crippen molar-refractivity contribution in [3.05, 3.63) is 0 Å². The molecule has 0 radical (unpaired) electrons. The van der Waals surface area contributed by atoms with Gasteiger partial charge in [0.15, 0.2) is 0 Å². The van der Waals surface area contributed by atoms with Crippen LogP contribution in [0.1, 0.15) is 47.0 Å². The Bertz CT molecular complexity index is 175. The third-order valence-corrected chi connectivity index (χ3v) is 4.22. The summed E-state index contributed by atoms with van der Waals surface area (Å²) in [6, 6.07) is 0. The highest BCUT2D eigenvalue weighted by Gasteiger charge is 2.17. The molecule has 0 saturated carbocycles. The van der Waals surface area contributed by atoms with E-state index in [1.807, 2.05) is 0 Å². The summed E-state index contributed by atoms with van der Waals surface area (Å²) in [6.45, 7) is 14.3. The normalized spacial score (nSPS) is 21.0. The van der Waals surface area contributed by atoms with Crippen molar-refractivity contribution in [3.8, 4) is 0 Å². The third kappa shape index (κ3) is 5.87. The first-order chi connectivity index (χ1) is 8.11. The molecule has 1 heterocycles. The van der Waals surface area contributed by atoms with Crippen LogP contribution in [0.2, 0.25) is 0 Å². The highest BCUT2D eigenvalue weighted by atomic mass is 14.9. The number of nitrogens with one attached hydrogen (secondary N) is 2. The van der Waals surface area contributed by atoms with Gasteiger partial charge in [0.25, 0.3) is 0 Å². The smallest absolute Gasteiger partial charge is 0.00156 e. The van der Waals surface area contributed by atoms with Crippen LogP contribution in [0.15, 0.2) is 0 Å². The first-order valence-electron chi connectivity index (χ1n) is 7.52. The Hall–Kier alpha value is -0.0800. The van der Waals surface area contributed by atoms with Gasteiger partial charge in [-0.05, 0) is 69.1 Å². The minimum absolute atomic E-state index is 0.793. The van der Waals surface area contributed by atoms with Crippen molar-refractivity contribution < 1.29 is 0 Å². The standard InChI is InChI=1S/C15H32N2/c1-12(2)15(13(3)4)11-16-8-5-6-14-7-9-17-10-14/h12-17H,5-11H2,1-4H3. The SMILES string of the molecule is CC(C)C(CNCCCC1CCNC1)C(C)C. The Morgan fingerprint density at radius 1 is 1.18 bits per heavy atom. The van der Waals surface area contributed by atoms with Crippen molar-refractivity contribution in [2.45, 2.75) is 47.0 Å². The van der Waals surface area contributed by atoms with Crippen LogP contribution in [0.4, 0.5) is 0 Å². The van der Waals surface area contributed by atoms with E-state index in [0.717, 1.165) is 23.7 Å². The molecule has 0 aromatic carbocycles. The summed E-state index contributed by atoms with van der Waals surface area (Å²) in [5.41, 5.74) is 0. The van der Waals surface area contributed by atoms with Gasteiger partial charge in [-0.15, -0.1) is 0 Å². The average molecular weight is 240 g/mol. The molecule has 102 valence electrons. The molecule has 0 spiro atoms. The van der Waals surface area contributed by atoms with Gasteiger partial charge < -0.3 is 10.6 Å². The zero-order valence-corrected chi connectivity index (χ0v) is 12.3. The molecule has 1 fully saturated rings. The van der Waals surface area contributed by atoms with E-state index in [4.69, 9.17) is 0 Å². The Labute approximate surface area is 108 Å². The third-order valence-electron chi connectivity index (χ3n) is 4.22. The van der Waals surface area contributed by atoms with E-state index in [-0.39, 0.29) is 0 Å². The van der Waals surface area contributed by atoms with Crippen LogP contribution >= 0.6 is 0 Å². The monoisotopic (exact) mass is 240 g/mol. The highest BCUT2D eigenvalue weighted by molar-refractivity contribution is 4.72. The molecule has 1 rings (SSSR count). The molecule has 0 bridgehead atoms. The van der Waals surface area contributed by atoms with Crippen molar-refractivity contribution in [2.24, 2.45) is 23.7 Å². The van der Waals surface area contributed by atoms with Gasteiger partial charge in [0.2, 0.25) is 0 Å². The summed E-state index contributed by atoms with van der Waals surface area (Å²) >= 11 is 0. The summed E-state index contributed by atoms with van der Waals surface area (Å²) in [4.78, 5) is 0. The Kier molecular flexibility index (Phi) is 7.14. The van der Waals surface area contributed by atoms with Gasteiger partial charge in [-0.2, -0.15) is 0 Å². The molecular formula is C15H32N2. The molecule has 0 aliphatic carbocycles. The maximum atomic E-state index is 3.65. The van der Waals surface area contributed by atoms with Gasteiger partial charge in [0, 0.05) is 0 Å². The van der Waals surface area contributed by atoms with Crippen molar-refractivity contribution in [3.63, 3.8) is 0 Å². The summed E-state index contributed by atoms with van der Waals surface area (Å²) in [6.07, 6.45) is 4.13. The predicted molar refractivity (Wildman–Crippen MR) is 76.2 cm³/mol. The lowest BCUT2D eigenvalue weighted by atomic mass is 9.85. The van der Waals surface area contributed by atoms with Crippen LogP contribution in [0, 0.1) is 23.7 Å². The fraction of sp³-hybridized carbons (Fsp3) is 1.00. The lowest BCUT2D eigenvalue weighted by molar-refractivity contribution is 0.275. The fourth-order valence-corrected chi connectivity index (χ4v) is 2.99. The molecule has 1 atom stereocenters. The second-order valence-corrected chi connectivity index (χ2v) is 6.36. The summed E-state index contributed by atoms with van der Waals surface area (Å²) < 4.78 is 0. The number of rotatable bonds is 8. The average Bonchev–Trinajstić information content (AvgIpc) is 2.74. The molecule has 2 heteroatoms. The van der Waals surface area contributed by atoms with Gasteiger partial charge >= 0.3 is 0 Å². The molecule has 17 heavy (non-hydrogen) atoms. The lowest BCUT2D eigenvalue weighted by Gasteiger charge is -2.25. The Morgan fingerprint density at radius 2 is 1.88 bits per heavy atom. The Morgan fingerprint density at radius 3 is 2.41 bits per heavy atom. The van der Waals surface area contributed by atoms with Gasteiger partial charge in [-0.1, -0.05) is 27.7 Å². The molecule has 2 nitrogen and oxygen atoms in total. The van der Waals surface area contributed by atoms with Gasteiger partial charge in [0.1, 0.15) is 0 Å². The maximum Gasteiger partial charge on any atom is -0.00156 e. The number of hydrogen-bond acceptors (Lipinski definition) is 2. The van der Waals surface area contributed by atoms with E-state index in [2.05, 4.69) is 38.3 Å². The van der Waals surface area contributed by atoms with E-state index in [1.165, 1.54) is 45.4 Å². The molecular weight excluding hydrogens is 208 g/mol. The number of hydrogen-bond donors (Lipinski definition) is 2. The minimum Gasteiger partial charge on any atom is -0.316 e. The van der Waals surface area contributed by atoms with E-state index >= 15 is 0 Å². The summed E-state index contributed by atoms with van der Waals surface area (Å²) in [7, 11) is 0. The lowest BCUT2D eigenvalue weighted by Crippen LogP contribution is -2.30. The molecule has 2 N–H and O–H groups in total. The molecule has 0 aromatic rings. The second kappa shape index (κ2) is 8.10. The van der Waals surface area contributed by atoms with Gasteiger partial charge in [-0.25, -0.2) is 0 Å². The molecule has 1 unspecified atom stereocenters. The quantitative estimate of drug-likeness (QED) is 0.638. The van der Waals surface area contributed by atoms with E-state index in [9.17, 15) is 0 Å². The highest BCUT2D eigenvalue weighted by Crippen LogP contribution is 2.19. The molecule has 1 aliphatic rings.